The van der Waals surface area contributed by atoms with Gasteiger partial charge in [-0.1, -0.05) is 0 Å². The second kappa shape index (κ2) is 8.80. The normalized spacial score (nSPS) is 18.8. The summed E-state index contributed by atoms with van der Waals surface area (Å²) in [5.74, 6) is 0.219. The Hall–Kier alpha value is -2.31. The van der Waals surface area contributed by atoms with Gasteiger partial charge >= 0.3 is 12.1 Å². The average molecular weight is 390 g/mol. The number of carboxylic acid groups (broad SMARTS) is 1. The molecule has 2 fully saturated rings. The maximum Gasteiger partial charge on any atom is 0.410 e. The third kappa shape index (κ3) is 5.14. The highest BCUT2D eigenvalue weighted by Crippen LogP contribution is 2.54. The Bertz CT molecular complexity index is 673. The molecule has 0 unspecified atom stereocenters. The molecule has 1 amide bonds. The van der Waals surface area contributed by atoms with E-state index in [0.29, 0.717) is 17.9 Å². The molecule has 1 N–H and O–H groups in total. The molecule has 1 aliphatic heterocycles. The highest BCUT2D eigenvalue weighted by Gasteiger charge is 2.45. The standard InChI is InChI=1S/C21H30N2O5/c1-15(2)28-20(26)23-9-7-21(8-10-23)12-16(13-21)4-3-11-27-18-6-5-17(14-22-18)19(24)25/h5-6,14-16H,3-4,7-13H2,1-2H3,(H,24,25). The highest BCUT2D eigenvalue weighted by molar-refractivity contribution is 5.87. The molecule has 28 heavy (non-hydrogen) atoms. The third-order valence-electron chi connectivity index (χ3n) is 5.85. The minimum absolute atomic E-state index is 0.0657. The maximum atomic E-state index is 12.0. The number of likely N-dealkylation sites (tertiary alicyclic amines) is 1. The number of pyridine rings is 1. The molecule has 0 radical (unpaired) electrons. The second-order valence-corrected chi connectivity index (χ2v) is 8.37. The number of aromatic carboxylic acids is 1. The first kappa shape index (κ1) is 20.4. The van der Waals surface area contributed by atoms with Crippen molar-refractivity contribution in [2.45, 2.75) is 58.5 Å². The van der Waals surface area contributed by atoms with Crippen LogP contribution < -0.4 is 4.74 Å². The van der Waals surface area contributed by atoms with Crippen molar-refractivity contribution < 1.29 is 24.2 Å². The van der Waals surface area contributed by atoms with E-state index in [-0.39, 0.29) is 17.8 Å². The van der Waals surface area contributed by atoms with Crippen LogP contribution in [0, 0.1) is 11.3 Å². The summed E-state index contributed by atoms with van der Waals surface area (Å²) in [6.45, 7) is 5.96. The largest absolute Gasteiger partial charge is 0.478 e. The lowest BCUT2D eigenvalue weighted by Gasteiger charge is -2.52. The first-order valence-electron chi connectivity index (χ1n) is 10.1. The van der Waals surface area contributed by atoms with Gasteiger partial charge in [0.05, 0.1) is 18.3 Å². The predicted molar refractivity (Wildman–Crippen MR) is 104 cm³/mol. The number of carboxylic acids is 1. The van der Waals surface area contributed by atoms with Crippen molar-refractivity contribution in [2.75, 3.05) is 19.7 Å². The molecule has 2 heterocycles. The lowest BCUT2D eigenvalue weighted by atomic mass is 9.56. The number of carbonyl (C=O) groups is 2. The molecule has 0 aromatic carbocycles. The number of piperidine rings is 1. The van der Waals surface area contributed by atoms with Crippen molar-refractivity contribution in [3.05, 3.63) is 23.9 Å². The first-order valence-corrected chi connectivity index (χ1v) is 10.1. The Morgan fingerprint density at radius 2 is 2.00 bits per heavy atom. The second-order valence-electron chi connectivity index (χ2n) is 8.37. The van der Waals surface area contributed by atoms with Crippen molar-refractivity contribution in [3.8, 4) is 5.88 Å². The van der Waals surface area contributed by atoms with Gasteiger partial charge in [-0.2, -0.15) is 0 Å². The summed E-state index contributed by atoms with van der Waals surface area (Å²) in [6.07, 6.45) is 7.81. The Morgan fingerprint density at radius 1 is 1.29 bits per heavy atom. The summed E-state index contributed by atoms with van der Waals surface area (Å²) in [6, 6.07) is 3.10. The summed E-state index contributed by atoms with van der Waals surface area (Å²) >= 11 is 0. The highest BCUT2D eigenvalue weighted by atomic mass is 16.6. The Labute approximate surface area is 166 Å². The zero-order valence-electron chi connectivity index (χ0n) is 16.7. The van der Waals surface area contributed by atoms with Crippen molar-refractivity contribution in [1.29, 1.82) is 0 Å². The maximum absolute atomic E-state index is 12.0. The van der Waals surface area contributed by atoms with Gasteiger partial charge in [-0.25, -0.2) is 14.6 Å². The zero-order chi connectivity index (χ0) is 20.1. The molecule has 1 saturated heterocycles. The van der Waals surface area contributed by atoms with Crippen LogP contribution in [0.2, 0.25) is 0 Å². The van der Waals surface area contributed by atoms with Gasteiger partial charge < -0.3 is 19.5 Å². The fourth-order valence-electron chi connectivity index (χ4n) is 4.36. The van der Waals surface area contributed by atoms with E-state index in [1.807, 2.05) is 18.7 Å². The first-order chi connectivity index (χ1) is 13.4. The van der Waals surface area contributed by atoms with Gasteiger partial charge in [-0.05, 0) is 69.8 Å². The van der Waals surface area contributed by atoms with Crippen molar-refractivity contribution >= 4 is 12.1 Å². The quantitative estimate of drug-likeness (QED) is 0.709. The number of hydrogen-bond donors (Lipinski definition) is 1. The Balaban J connectivity index is 1.30. The van der Waals surface area contributed by atoms with E-state index in [2.05, 4.69) is 4.98 Å². The minimum Gasteiger partial charge on any atom is -0.478 e. The molecule has 1 aromatic rings. The van der Waals surface area contributed by atoms with E-state index in [1.165, 1.54) is 25.1 Å². The number of ether oxygens (including phenoxy) is 2. The molecule has 3 rings (SSSR count). The van der Waals surface area contributed by atoms with Gasteiger partial charge in [-0.3, -0.25) is 0 Å². The van der Waals surface area contributed by atoms with E-state index in [0.717, 1.165) is 44.7 Å². The average Bonchev–Trinajstić information content (AvgIpc) is 2.64. The molecular weight excluding hydrogens is 360 g/mol. The Kier molecular flexibility index (Phi) is 6.42. The minimum atomic E-state index is -0.986. The van der Waals surface area contributed by atoms with E-state index < -0.39 is 5.97 Å². The van der Waals surface area contributed by atoms with Crippen molar-refractivity contribution in [2.24, 2.45) is 11.3 Å². The lowest BCUT2D eigenvalue weighted by Crippen LogP contribution is -2.49. The topological polar surface area (TPSA) is 89.0 Å². The van der Waals surface area contributed by atoms with Crippen LogP contribution in [0.15, 0.2) is 18.3 Å². The molecule has 1 spiro atoms. The molecule has 7 heteroatoms. The summed E-state index contributed by atoms with van der Waals surface area (Å²) in [4.78, 5) is 28.6. The van der Waals surface area contributed by atoms with Gasteiger partial charge in [-0.15, -0.1) is 0 Å². The predicted octanol–water partition coefficient (Wildman–Crippen LogP) is 3.98. The van der Waals surface area contributed by atoms with Crippen LogP contribution in [0.3, 0.4) is 0 Å². The van der Waals surface area contributed by atoms with Crippen LogP contribution in [-0.2, 0) is 4.74 Å². The van der Waals surface area contributed by atoms with Gasteiger partial charge in [0, 0.05) is 25.4 Å². The van der Waals surface area contributed by atoms with Gasteiger partial charge in [0.2, 0.25) is 5.88 Å². The van der Waals surface area contributed by atoms with Gasteiger partial charge in [0.15, 0.2) is 0 Å². The van der Waals surface area contributed by atoms with Crippen LogP contribution >= 0.6 is 0 Å². The van der Waals surface area contributed by atoms with E-state index in [1.54, 1.807) is 6.07 Å². The molecule has 154 valence electrons. The van der Waals surface area contributed by atoms with Crippen LogP contribution in [0.1, 0.15) is 62.7 Å². The molecule has 2 aliphatic rings. The van der Waals surface area contributed by atoms with E-state index in [9.17, 15) is 9.59 Å². The van der Waals surface area contributed by atoms with Crippen LogP contribution in [0.25, 0.3) is 0 Å². The van der Waals surface area contributed by atoms with Crippen molar-refractivity contribution in [3.63, 3.8) is 0 Å². The van der Waals surface area contributed by atoms with E-state index >= 15 is 0 Å². The Morgan fingerprint density at radius 3 is 2.57 bits per heavy atom. The van der Waals surface area contributed by atoms with Gasteiger partial charge in [0.25, 0.3) is 0 Å². The summed E-state index contributed by atoms with van der Waals surface area (Å²) in [7, 11) is 0. The molecule has 0 atom stereocenters. The van der Waals surface area contributed by atoms with Crippen LogP contribution in [0.4, 0.5) is 4.79 Å². The summed E-state index contributed by atoms with van der Waals surface area (Å²) in [5.41, 5.74) is 0.588. The van der Waals surface area contributed by atoms with Gasteiger partial charge in [0.1, 0.15) is 0 Å². The number of amides is 1. The van der Waals surface area contributed by atoms with Crippen molar-refractivity contribution in [1.82, 2.24) is 9.88 Å². The summed E-state index contributed by atoms with van der Waals surface area (Å²) in [5, 5.41) is 8.86. The fraction of sp³-hybridized carbons (Fsp3) is 0.667. The van der Waals surface area contributed by atoms with Crippen LogP contribution in [-0.4, -0.2) is 52.9 Å². The molecule has 1 aromatic heterocycles. The number of nitrogens with zero attached hydrogens (tertiary/aromatic N) is 2. The van der Waals surface area contributed by atoms with E-state index in [4.69, 9.17) is 14.6 Å². The third-order valence-corrected chi connectivity index (χ3v) is 5.85. The zero-order valence-corrected chi connectivity index (χ0v) is 16.7. The number of aromatic nitrogens is 1. The molecule has 0 bridgehead atoms. The smallest absolute Gasteiger partial charge is 0.410 e. The summed E-state index contributed by atoms with van der Waals surface area (Å²) < 4.78 is 10.9. The molecule has 1 aliphatic carbocycles. The lowest BCUT2D eigenvalue weighted by molar-refractivity contribution is -0.0204. The SMILES string of the molecule is CC(C)OC(=O)N1CCC2(CC1)CC(CCCOc1ccc(C(=O)O)cn1)C2. The number of rotatable bonds is 7. The number of carbonyl (C=O) groups excluding carboxylic acids is 1. The molecule has 7 nitrogen and oxygen atoms in total. The molecule has 1 saturated carbocycles. The van der Waals surface area contributed by atoms with Crippen LogP contribution in [0.5, 0.6) is 5.88 Å². The fourth-order valence-corrected chi connectivity index (χ4v) is 4.36. The molecular formula is C21H30N2O5. The monoisotopic (exact) mass is 390 g/mol. The number of hydrogen-bond acceptors (Lipinski definition) is 5.